The van der Waals surface area contributed by atoms with Crippen molar-refractivity contribution in [1.82, 2.24) is 10.2 Å². The molecule has 0 radical (unpaired) electrons. The van der Waals surface area contributed by atoms with Crippen LogP contribution in [-0.4, -0.2) is 49.1 Å². The molecule has 0 bridgehead atoms. The smallest absolute Gasteiger partial charge is 0.326 e. The molecule has 1 aliphatic carbocycles. The third kappa shape index (κ3) is 3.51. The van der Waals surface area contributed by atoms with E-state index in [1.165, 1.54) is 20.0 Å². The number of nitrogens with zero attached hydrogens (tertiary/aromatic N) is 1. The molecule has 0 unspecified atom stereocenters. The van der Waals surface area contributed by atoms with Crippen LogP contribution in [0.25, 0.3) is 0 Å². The lowest BCUT2D eigenvalue weighted by Gasteiger charge is -2.32. The number of methoxy groups -OCH3 is 1. The van der Waals surface area contributed by atoms with Crippen molar-refractivity contribution >= 4 is 11.9 Å². The van der Waals surface area contributed by atoms with Gasteiger partial charge in [0.1, 0.15) is 5.54 Å². The van der Waals surface area contributed by atoms with Gasteiger partial charge >= 0.3 is 5.97 Å². The van der Waals surface area contributed by atoms with Crippen LogP contribution < -0.4 is 5.32 Å². The zero-order valence-electron chi connectivity index (χ0n) is 12.5. The molecule has 1 amide bonds. The molecule has 0 spiro atoms. The summed E-state index contributed by atoms with van der Waals surface area (Å²) in [6.07, 6.45) is 7.80. The fraction of sp³-hybridized carbons (Fsp3) is 0.867. The highest BCUT2D eigenvalue weighted by molar-refractivity contribution is 5.81. The average Bonchev–Trinajstić information content (AvgIpc) is 2.73. The van der Waals surface area contributed by atoms with Crippen LogP contribution >= 0.6 is 0 Å². The maximum atomic E-state index is 12.2. The number of esters is 1. The van der Waals surface area contributed by atoms with E-state index in [-0.39, 0.29) is 11.9 Å². The van der Waals surface area contributed by atoms with Crippen LogP contribution in [0.1, 0.15) is 51.4 Å². The average molecular weight is 282 g/mol. The van der Waals surface area contributed by atoms with Gasteiger partial charge in [0, 0.05) is 26.1 Å². The number of carbonyl (C=O) groups is 2. The van der Waals surface area contributed by atoms with Crippen molar-refractivity contribution in [2.45, 2.75) is 56.9 Å². The molecular formula is C15H26N2O3. The molecule has 0 atom stereocenters. The molecule has 1 saturated heterocycles. The van der Waals surface area contributed by atoms with E-state index in [1.807, 2.05) is 4.90 Å². The molecule has 2 aliphatic rings. The quantitative estimate of drug-likeness (QED) is 0.613. The van der Waals surface area contributed by atoms with Gasteiger partial charge in [-0.3, -0.25) is 9.59 Å². The zero-order chi connectivity index (χ0) is 14.4. The Bertz CT molecular complexity index is 349. The van der Waals surface area contributed by atoms with Crippen molar-refractivity contribution in [1.29, 1.82) is 0 Å². The van der Waals surface area contributed by atoms with Crippen LogP contribution in [0.5, 0.6) is 0 Å². The molecule has 2 rings (SSSR count). The summed E-state index contributed by atoms with van der Waals surface area (Å²) in [7, 11) is 1.46. The van der Waals surface area contributed by atoms with Gasteiger partial charge in [-0.05, 0) is 19.3 Å². The van der Waals surface area contributed by atoms with Crippen LogP contribution in [0.4, 0.5) is 0 Å². The third-order valence-electron chi connectivity index (χ3n) is 4.55. The van der Waals surface area contributed by atoms with Gasteiger partial charge in [0.15, 0.2) is 0 Å². The number of hydrogen-bond acceptors (Lipinski definition) is 4. The Balaban J connectivity index is 1.90. The molecule has 1 heterocycles. The van der Waals surface area contributed by atoms with Gasteiger partial charge in [-0.25, -0.2) is 0 Å². The van der Waals surface area contributed by atoms with E-state index >= 15 is 0 Å². The molecule has 1 saturated carbocycles. The van der Waals surface area contributed by atoms with Gasteiger partial charge in [-0.1, -0.05) is 25.7 Å². The Labute approximate surface area is 121 Å². The monoisotopic (exact) mass is 282 g/mol. The summed E-state index contributed by atoms with van der Waals surface area (Å²) in [4.78, 5) is 25.6. The Morgan fingerprint density at radius 2 is 1.95 bits per heavy atom. The number of amides is 1. The first-order valence-electron chi connectivity index (χ1n) is 7.79. The number of carbonyl (C=O) groups excluding carboxylic acids is 2. The van der Waals surface area contributed by atoms with Gasteiger partial charge < -0.3 is 15.0 Å². The standard InChI is InChI=1S/C15H26N2O3/c1-20-14(19)15(8-4-2-3-5-9-15)16-10-12-17-11-6-7-13(17)18/h16H,2-12H2,1H3. The molecule has 2 fully saturated rings. The van der Waals surface area contributed by atoms with Crippen molar-refractivity contribution in [3.05, 3.63) is 0 Å². The van der Waals surface area contributed by atoms with Crippen LogP contribution in [0, 0.1) is 0 Å². The fourth-order valence-corrected chi connectivity index (χ4v) is 3.35. The molecule has 1 aliphatic heterocycles. The third-order valence-corrected chi connectivity index (χ3v) is 4.55. The first-order valence-corrected chi connectivity index (χ1v) is 7.79. The fourth-order valence-electron chi connectivity index (χ4n) is 3.35. The first kappa shape index (κ1) is 15.3. The highest BCUT2D eigenvalue weighted by Crippen LogP contribution is 2.28. The van der Waals surface area contributed by atoms with E-state index in [9.17, 15) is 9.59 Å². The van der Waals surface area contributed by atoms with Crippen molar-refractivity contribution in [2.75, 3.05) is 26.7 Å². The second-order valence-electron chi connectivity index (χ2n) is 5.90. The van der Waals surface area contributed by atoms with Gasteiger partial charge in [0.2, 0.25) is 5.91 Å². The van der Waals surface area contributed by atoms with E-state index < -0.39 is 5.54 Å². The summed E-state index contributed by atoms with van der Waals surface area (Å²) in [6, 6.07) is 0. The SMILES string of the molecule is COC(=O)C1(NCCN2CCCC2=O)CCCCCC1. The summed E-state index contributed by atoms with van der Waals surface area (Å²) in [5.41, 5.74) is -0.534. The summed E-state index contributed by atoms with van der Waals surface area (Å²) >= 11 is 0. The van der Waals surface area contributed by atoms with E-state index in [0.29, 0.717) is 19.5 Å². The van der Waals surface area contributed by atoms with Gasteiger partial charge in [0.25, 0.3) is 0 Å². The van der Waals surface area contributed by atoms with Crippen LogP contribution in [0.15, 0.2) is 0 Å². The Hall–Kier alpha value is -1.10. The van der Waals surface area contributed by atoms with Crippen molar-refractivity contribution in [3.63, 3.8) is 0 Å². The zero-order valence-corrected chi connectivity index (χ0v) is 12.5. The van der Waals surface area contributed by atoms with Crippen molar-refractivity contribution in [2.24, 2.45) is 0 Å². The lowest BCUT2D eigenvalue weighted by Crippen LogP contribution is -2.54. The normalized spacial score (nSPS) is 22.6. The molecule has 0 aromatic carbocycles. The summed E-state index contributed by atoms with van der Waals surface area (Å²) in [6.45, 7) is 2.21. The van der Waals surface area contributed by atoms with Crippen molar-refractivity contribution < 1.29 is 14.3 Å². The number of nitrogens with one attached hydrogen (secondary N) is 1. The van der Waals surface area contributed by atoms with E-state index in [2.05, 4.69) is 5.32 Å². The topological polar surface area (TPSA) is 58.6 Å². The van der Waals surface area contributed by atoms with Gasteiger partial charge in [-0.2, -0.15) is 0 Å². The molecule has 0 aromatic rings. The van der Waals surface area contributed by atoms with E-state index in [1.54, 1.807) is 0 Å². The summed E-state index contributed by atoms with van der Waals surface area (Å²) in [5.74, 6) is 0.0898. The number of hydrogen-bond donors (Lipinski definition) is 1. The highest BCUT2D eigenvalue weighted by atomic mass is 16.5. The molecule has 114 valence electrons. The largest absolute Gasteiger partial charge is 0.468 e. The molecule has 0 aromatic heterocycles. The maximum absolute atomic E-state index is 12.2. The van der Waals surface area contributed by atoms with E-state index in [4.69, 9.17) is 4.74 Å². The van der Waals surface area contributed by atoms with E-state index in [0.717, 1.165) is 38.6 Å². The number of ether oxygens (including phenoxy) is 1. The molecular weight excluding hydrogens is 256 g/mol. The molecule has 1 N–H and O–H groups in total. The van der Waals surface area contributed by atoms with Gasteiger partial charge in [-0.15, -0.1) is 0 Å². The van der Waals surface area contributed by atoms with Crippen molar-refractivity contribution in [3.8, 4) is 0 Å². The summed E-state index contributed by atoms with van der Waals surface area (Å²) in [5, 5.41) is 3.40. The first-order chi connectivity index (χ1) is 9.68. The lowest BCUT2D eigenvalue weighted by atomic mass is 9.90. The lowest BCUT2D eigenvalue weighted by molar-refractivity contribution is -0.149. The van der Waals surface area contributed by atoms with Crippen LogP contribution in [0.2, 0.25) is 0 Å². The minimum Gasteiger partial charge on any atom is -0.468 e. The predicted octanol–water partition coefficient (Wildman–Crippen LogP) is 1.46. The molecule has 20 heavy (non-hydrogen) atoms. The minimum atomic E-state index is -0.534. The second-order valence-corrected chi connectivity index (χ2v) is 5.90. The number of rotatable bonds is 5. The number of likely N-dealkylation sites (tertiary alicyclic amines) is 1. The second kappa shape index (κ2) is 7.07. The Kier molecular flexibility index (Phi) is 5.40. The minimum absolute atomic E-state index is 0.146. The highest BCUT2D eigenvalue weighted by Gasteiger charge is 2.39. The summed E-state index contributed by atoms with van der Waals surface area (Å²) < 4.78 is 5.01. The Morgan fingerprint density at radius 1 is 1.25 bits per heavy atom. The van der Waals surface area contributed by atoms with Gasteiger partial charge in [0.05, 0.1) is 7.11 Å². The maximum Gasteiger partial charge on any atom is 0.326 e. The molecule has 5 heteroatoms. The predicted molar refractivity (Wildman–Crippen MR) is 76.3 cm³/mol. The van der Waals surface area contributed by atoms with Crippen LogP contribution in [0.3, 0.4) is 0 Å². The molecule has 5 nitrogen and oxygen atoms in total. The van der Waals surface area contributed by atoms with Crippen LogP contribution in [-0.2, 0) is 14.3 Å². The Morgan fingerprint density at radius 3 is 2.50 bits per heavy atom.